The molecule has 0 radical (unpaired) electrons. The molecule has 1 aromatic heterocycles. The van der Waals surface area contributed by atoms with Crippen LogP contribution in [0.4, 0.5) is 11.5 Å². The van der Waals surface area contributed by atoms with Gasteiger partial charge in [0.2, 0.25) is 0 Å². The Bertz CT molecular complexity index is 543. The Kier molecular flexibility index (Phi) is 3.73. The van der Waals surface area contributed by atoms with Crippen molar-refractivity contribution in [1.29, 1.82) is 5.26 Å². The van der Waals surface area contributed by atoms with Crippen LogP contribution in [0, 0.1) is 11.3 Å². The highest BCUT2D eigenvalue weighted by Gasteiger charge is 1.97. The van der Waals surface area contributed by atoms with Gasteiger partial charge in [0.25, 0.3) is 0 Å². The lowest BCUT2D eigenvalue weighted by molar-refractivity contribution is 1.25. The van der Waals surface area contributed by atoms with E-state index in [0.717, 1.165) is 21.7 Å². The summed E-state index contributed by atoms with van der Waals surface area (Å²) in [6, 6.07) is 15.6. The van der Waals surface area contributed by atoms with E-state index in [4.69, 9.17) is 5.26 Å². The Morgan fingerprint density at radius 1 is 1.18 bits per heavy atom. The van der Waals surface area contributed by atoms with Crippen molar-refractivity contribution in [3.63, 3.8) is 0 Å². The minimum atomic E-state index is 0.440. The minimum absolute atomic E-state index is 0.440. The number of nitrogens with one attached hydrogen (secondary N) is 1. The van der Waals surface area contributed by atoms with Crippen LogP contribution in [0.15, 0.2) is 47.1 Å². The molecule has 1 heterocycles. The number of hydrogen-bond acceptors (Lipinski definition) is 3. The quantitative estimate of drug-likeness (QED) is 0.877. The maximum Gasteiger partial charge on any atom is 0.131 e. The fourth-order valence-corrected chi connectivity index (χ4v) is 1.77. The highest BCUT2D eigenvalue weighted by atomic mass is 79.9. The van der Waals surface area contributed by atoms with Crippen molar-refractivity contribution in [1.82, 2.24) is 4.98 Å². The van der Waals surface area contributed by atoms with Gasteiger partial charge < -0.3 is 5.32 Å². The average molecular weight is 288 g/mol. The van der Waals surface area contributed by atoms with Crippen LogP contribution in [0.2, 0.25) is 0 Å². The molecule has 1 aromatic carbocycles. The monoisotopic (exact) mass is 287 g/mol. The Morgan fingerprint density at radius 2 is 1.94 bits per heavy atom. The van der Waals surface area contributed by atoms with E-state index in [2.05, 4.69) is 32.3 Å². The zero-order chi connectivity index (χ0) is 12.1. The van der Waals surface area contributed by atoms with E-state index < -0.39 is 0 Å². The lowest BCUT2D eigenvalue weighted by Gasteiger charge is -2.06. The first-order valence-electron chi connectivity index (χ1n) is 5.13. The summed E-state index contributed by atoms with van der Waals surface area (Å²) in [7, 11) is 0. The third-order valence-corrected chi connectivity index (χ3v) is 2.67. The number of hydrogen-bond donors (Lipinski definition) is 1. The molecule has 0 spiro atoms. The lowest BCUT2D eigenvalue weighted by atomic mass is 10.1. The molecule has 4 heteroatoms. The third-order valence-electron chi connectivity index (χ3n) is 2.22. The third kappa shape index (κ3) is 3.30. The van der Waals surface area contributed by atoms with E-state index in [9.17, 15) is 0 Å². The molecule has 1 N–H and O–H groups in total. The highest BCUT2D eigenvalue weighted by molar-refractivity contribution is 9.10. The lowest BCUT2D eigenvalue weighted by Crippen LogP contribution is -1.93. The van der Waals surface area contributed by atoms with Crippen LogP contribution in [0.1, 0.15) is 5.56 Å². The van der Waals surface area contributed by atoms with Crippen LogP contribution in [-0.4, -0.2) is 4.98 Å². The fraction of sp³-hybridized carbons (Fsp3) is 0.0769. The molecule has 84 valence electrons. The van der Waals surface area contributed by atoms with Gasteiger partial charge in [0, 0.05) is 5.69 Å². The Hall–Kier alpha value is -1.86. The number of aromatic nitrogens is 1. The molecule has 0 atom stereocenters. The number of halogens is 1. The predicted molar refractivity (Wildman–Crippen MR) is 71.0 cm³/mol. The van der Waals surface area contributed by atoms with Gasteiger partial charge in [-0.3, -0.25) is 0 Å². The summed E-state index contributed by atoms with van der Waals surface area (Å²) in [4.78, 5) is 4.28. The van der Waals surface area contributed by atoms with Gasteiger partial charge in [0.15, 0.2) is 0 Å². The van der Waals surface area contributed by atoms with Crippen LogP contribution in [-0.2, 0) is 6.42 Å². The topological polar surface area (TPSA) is 48.7 Å². The Morgan fingerprint density at radius 3 is 2.59 bits per heavy atom. The molecule has 0 aliphatic carbocycles. The van der Waals surface area contributed by atoms with Crippen LogP contribution >= 0.6 is 15.9 Å². The van der Waals surface area contributed by atoms with Crippen molar-refractivity contribution in [3.05, 3.63) is 52.6 Å². The maximum atomic E-state index is 8.57. The highest BCUT2D eigenvalue weighted by Crippen LogP contribution is 2.17. The molecule has 0 aliphatic heterocycles. The number of anilines is 2. The van der Waals surface area contributed by atoms with Crippen molar-refractivity contribution in [2.24, 2.45) is 0 Å². The first kappa shape index (κ1) is 11.6. The molecular formula is C13H10BrN3. The average Bonchev–Trinajstić information content (AvgIpc) is 2.32. The van der Waals surface area contributed by atoms with Crippen LogP contribution in [0.3, 0.4) is 0 Å². The normalized spacial score (nSPS) is 9.65. The van der Waals surface area contributed by atoms with Gasteiger partial charge in [-0.05, 0) is 45.8 Å². The summed E-state index contributed by atoms with van der Waals surface area (Å²) in [5, 5.41) is 11.8. The smallest absolute Gasteiger partial charge is 0.131 e. The molecule has 0 aliphatic rings. The van der Waals surface area contributed by atoms with Crippen LogP contribution < -0.4 is 5.32 Å². The fourth-order valence-electron chi connectivity index (χ4n) is 1.42. The molecular weight excluding hydrogens is 278 g/mol. The summed E-state index contributed by atoms with van der Waals surface area (Å²) in [6.45, 7) is 0. The molecule has 2 rings (SSSR count). The molecule has 17 heavy (non-hydrogen) atoms. The van der Waals surface area contributed by atoms with Gasteiger partial charge >= 0.3 is 0 Å². The number of nitrogens with zero attached hydrogens (tertiary/aromatic N) is 2. The van der Waals surface area contributed by atoms with Crippen molar-refractivity contribution in [2.75, 3.05) is 5.32 Å². The largest absolute Gasteiger partial charge is 0.340 e. The van der Waals surface area contributed by atoms with Crippen molar-refractivity contribution < 1.29 is 0 Å². The maximum absolute atomic E-state index is 8.57. The van der Waals surface area contributed by atoms with Gasteiger partial charge in [-0.2, -0.15) is 5.26 Å². The molecule has 0 unspecified atom stereocenters. The summed E-state index contributed by atoms with van der Waals surface area (Å²) >= 11 is 3.32. The zero-order valence-corrected chi connectivity index (χ0v) is 10.6. The number of nitriles is 1. The van der Waals surface area contributed by atoms with Crippen molar-refractivity contribution in [2.45, 2.75) is 6.42 Å². The Balaban J connectivity index is 2.11. The first-order chi connectivity index (χ1) is 8.28. The van der Waals surface area contributed by atoms with Crippen molar-refractivity contribution in [3.8, 4) is 6.07 Å². The summed E-state index contributed by atoms with van der Waals surface area (Å²) in [5.41, 5.74) is 1.97. The SMILES string of the molecule is N#CCc1ccc(Nc2cccc(Br)n2)cc1. The second-order valence-corrected chi connectivity index (χ2v) is 4.31. The summed E-state index contributed by atoms with van der Waals surface area (Å²) in [6.07, 6.45) is 0.440. The second kappa shape index (κ2) is 5.46. The van der Waals surface area contributed by atoms with E-state index in [1.165, 1.54) is 0 Å². The standard InChI is InChI=1S/C13H10BrN3/c14-12-2-1-3-13(17-12)16-11-6-4-10(5-7-11)8-9-15/h1-7H,8H2,(H,16,17). The second-order valence-electron chi connectivity index (χ2n) is 3.50. The predicted octanol–water partition coefficient (Wildman–Crippen LogP) is 3.65. The van der Waals surface area contributed by atoms with Crippen molar-refractivity contribution >= 4 is 27.4 Å². The van der Waals surface area contributed by atoms with E-state index in [0.29, 0.717) is 6.42 Å². The van der Waals surface area contributed by atoms with E-state index >= 15 is 0 Å². The van der Waals surface area contributed by atoms with Gasteiger partial charge in [0.05, 0.1) is 12.5 Å². The summed E-state index contributed by atoms with van der Waals surface area (Å²) < 4.78 is 0.795. The van der Waals surface area contributed by atoms with Gasteiger partial charge in [0.1, 0.15) is 10.4 Å². The molecule has 0 saturated carbocycles. The van der Waals surface area contributed by atoms with E-state index in [-0.39, 0.29) is 0 Å². The van der Waals surface area contributed by atoms with E-state index in [1.54, 1.807) is 0 Å². The molecule has 0 fully saturated rings. The Labute approximate surface area is 108 Å². The number of benzene rings is 1. The number of pyridine rings is 1. The molecule has 0 amide bonds. The van der Waals surface area contributed by atoms with Crippen LogP contribution in [0.25, 0.3) is 0 Å². The first-order valence-corrected chi connectivity index (χ1v) is 5.93. The van der Waals surface area contributed by atoms with Gasteiger partial charge in [-0.1, -0.05) is 18.2 Å². The van der Waals surface area contributed by atoms with Gasteiger partial charge in [-0.15, -0.1) is 0 Å². The van der Waals surface area contributed by atoms with Crippen LogP contribution in [0.5, 0.6) is 0 Å². The molecule has 2 aromatic rings. The molecule has 0 bridgehead atoms. The van der Waals surface area contributed by atoms with E-state index in [1.807, 2.05) is 42.5 Å². The van der Waals surface area contributed by atoms with Gasteiger partial charge in [-0.25, -0.2) is 4.98 Å². The molecule has 0 saturated heterocycles. The molecule has 3 nitrogen and oxygen atoms in total. The number of rotatable bonds is 3. The zero-order valence-electron chi connectivity index (χ0n) is 9.02. The minimum Gasteiger partial charge on any atom is -0.340 e. The summed E-state index contributed by atoms with van der Waals surface area (Å²) in [5.74, 6) is 0.785.